The molecule has 0 aliphatic carbocycles. The second kappa shape index (κ2) is 6.83. The SMILES string of the molecule is CCN(C)C(=O)C(C)NS(=O)(=O)c1ccccc1CN. The molecule has 6 nitrogen and oxygen atoms in total. The Balaban J connectivity index is 2.98. The van der Waals surface area contributed by atoms with E-state index in [-0.39, 0.29) is 17.3 Å². The third-order valence-corrected chi connectivity index (χ3v) is 4.68. The van der Waals surface area contributed by atoms with Gasteiger partial charge < -0.3 is 10.6 Å². The summed E-state index contributed by atoms with van der Waals surface area (Å²) < 4.78 is 27.0. The van der Waals surface area contributed by atoms with Crippen LogP contribution in [0, 0.1) is 0 Å². The fourth-order valence-corrected chi connectivity index (χ4v) is 3.22. The van der Waals surface area contributed by atoms with Crippen molar-refractivity contribution in [1.82, 2.24) is 9.62 Å². The van der Waals surface area contributed by atoms with Gasteiger partial charge in [-0.2, -0.15) is 4.72 Å². The van der Waals surface area contributed by atoms with Gasteiger partial charge in [0.2, 0.25) is 15.9 Å². The molecule has 3 N–H and O–H groups in total. The van der Waals surface area contributed by atoms with Crippen LogP contribution in [-0.4, -0.2) is 38.9 Å². The lowest BCUT2D eigenvalue weighted by molar-refractivity contribution is -0.131. The van der Waals surface area contributed by atoms with Crippen molar-refractivity contribution in [1.29, 1.82) is 0 Å². The van der Waals surface area contributed by atoms with E-state index in [2.05, 4.69) is 4.72 Å². The molecule has 1 atom stereocenters. The zero-order valence-corrected chi connectivity index (χ0v) is 12.8. The van der Waals surface area contributed by atoms with Crippen molar-refractivity contribution >= 4 is 15.9 Å². The zero-order chi connectivity index (χ0) is 15.3. The Morgan fingerprint density at radius 1 is 1.40 bits per heavy atom. The number of likely N-dealkylation sites (N-methyl/N-ethyl adjacent to an activating group) is 1. The topological polar surface area (TPSA) is 92.5 Å². The molecule has 7 heteroatoms. The summed E-state index contributed by atoms with van der Waals surface area (Å²) in [5.74, 6) is -0.277. The molecule has 112 valence electrons. The van der Waals surface area contributed by atoms with E-state index in [1.165, 1.54) is 17.9 Å². The molecule has 0 spiro atoms. The Labute approximate surface area is 120 Å². The molecule has 1 rings (SSSR count). The predicted octanol–water partition coefficient (Wildman–Crippen LogP) is 0.290. The molecule has 0 aliphatic heterocycles. The van der Waals surface area contributed by atoms with E-state index in [9.17, 15) is 13.2 Å². The number of carbonyl (C=O) groups excluding carboxylic acids is 1. The zero-order valence-electron chi connectivity index (χ0n) is 12.0. The Hall–Kier alpha value is -1.44. The van der Waals surface area contributed by atoms with Crippen molar-refractivity contribution in [3.63, 3.8) is 0 Å². The maximum absolute atomic E-state index is 12.3. The van der Waals surface area contributed by atoms with Gasteiger partial charge in [0, 0.05) is 20.1 Å². The monoisotopic (exact) mass is 299 g/mol. The summed E-state index contributed by atoms with van der Waals surface area (Å²) >= 11 is 0. The van der Waals surface area contributed by atoms with Gasteiger partial charge >= 0.3 is 0 Å². The lowest BCUT2D eigenvalue weighted by atomic mass is 10.2. The van der Waals surface area contributed by atoms with Crippen LogP contribution in [0.2, 0.25) is 0 Å². The molecule has 20 heavy (non-hydrogen) atoms. The lowest BCUT2D eigenvalue weighted by Crippen LogP contribution is -2.45. The third-order valence-electron chi connectivity index (χ3n) is 3.03. The fourth-order valence-electron chi connectivity index (χ4n) is 1.77. The number of nitrogens with zero attached hydrogens (tertiary/aromatic N) is 1. The molecule has 0 heterocycles. The van der Waals surface area contributed by atoms with Crippen molar-refractivity contribution in [2.45, 2.75) is 31.3 Å². The van der Waals surface area contributed by atoms with E-state index >= 15 is 0 Å². The first kappa shape index (κ1) is 16.6. The molecule has 1 amide bonds. The van der Waals surface area contributed by atoms with E-state index in [1.807, 2.05) is 6.92 Å². The number of amides is 1. The highest BCUT2D eigenvalue weighted by atomic mass is 32.2. The van der Waals surface area contributed by atoms with Gasteiger partial charge in [-0.3, -0.25) is 4.79 Å². The van der Waals surface area contributed by atoms with E-state index in [0.717, 1.165) is 0 Å². The van der Waals surface area contributed by atoms with E-state index in [0.29, 0.717) is 12.1 Å². The van der Waals surface area contributed by atoms with Crippen LogP contribution < -0.4 is 10.5 Å². The molecule has 0 bridgehead atoms. The van der Waals surface area contributed by atoms with Crippen molar-refractivity contribution < 1.29 is 13.2 Å². The number of nitrogens with two attached hydrogens (primary N) is 1. The van der Waals surface area contributed by atoms with Crippen molar-refractivity contribution in [2.75, 3.05) is 13.6 Å². The van der Waals surface area contributed by atoms with Crippen LogP contribution in [0.5, 0.6) is 0 Å². The fraction of sp³-hybridized carbons (Fsp3) is 0.462. The molecule has 1 aromatic rings. The maximum atomic E-state index is 12.3. The molecule has 0 fully saturated rings. The molecule has 0 aliphatic rings. The number of sulfonamides is 1. The van der Waals surface area contributed by atoms with Crippen molar-refractivity contribution in [3.8, 4) is 0 Å². The van der Waals surface area contributed by atoms with Crippen LogP contribution in [0.25, 0.3) is 0 Å². The first-order valence-corrected chi connectivity index (χ1v) is 7.87. The van der Waals surface area contributed by atoms with Gasteiger partial charge in [-0.15, -0.1) is 0 Å². The molecule has 0 saturated heterocycles. The molecule has 0 saturated carbocycles. The largest absolute Gasteiger partial charge is 0.345 e. The highest BCUT2D eigenvalue weighted by molar-refractivity contribution is 7.89. The lowest BCUT2D eigenvalue weighted by Gasteiger charge is -2.21. The van der Waals surface area contributed by atoms with Gasteiger partial charge in [-0.25, -0.2) is 8.42 Å². The number of rotatable bonds is 6. The summed E-state index contributed by atoms with van der Waals surface area (Å²) in [6.45, 7) is 3.98. The molecule has 0 radical (unpaired) electrons. The second-order valence-electron chi connectivity index (χ2n) is 4.51. The van der Waals surface area contributed by atoms with E-state index in [4.69, 9.17) is 5.73 Å². The first-order chi connectivity index (χ1) is 9.33. The molecule has 1 unspecified atom stereocenters. The summed E-state index contributed by atoms with van der Waals surface area (Å²) in [6.07, 6.45) is 0. The Morgan fingerprint density at radius 3 is 2.55 bits per heavy atom. The second-order valence-corrected chi connectivity index (χ2v) is 6.19. The smallest absolute Gasteiger partial charge is 0.241 e. The number of nitrogens with one attached hydrogen (secondary N) is 1. The van der Waals surface area contributed by atoms with Crippen molar-refractivity contribution in [2.24, 2.45) is 5.73 Å². The minimum atomic E-state index is -3.77. The average molecular weight is 299 g/mol. The number of carbonyl (C=O) groups is 1. The molecular weight excluding hydrogens is 278 g/mol. The van der Waals surface area contributed by atoms with Gasteiger partial charge in [0.25, 0.3) is 0 Å². The van der Waals surface area contributed by atoms with Crippen LogP contribution in [0.3, 0.4) is 0 Å². The first-order valence-electron chi connectivity index (χ1n) is 6.38. The molecular formula is C13H21N3O3S. The predicted molar refractivity (Wildman–Crippen MR) is 77.4 cm³/mol. The van der Waals surface area contributed by atoms with Gasteiger partial charge in [-0.05, 0) is 25.5 Å². The molecule has 1 aromatic carbocycles. The van der Waals surface area contributed by atoms with Gasteiger partial charge in [0.1, 0.15) is 0 Å². The van der Waals surface area contributed by atoms with E-state index in [1.54, 1.807) is 25.2 Å². The van der Waals surface area contributed by atoms with Gasteiger partial charge in [0.05, 0.1) is 10.9 Å². The standard InChI is InChI=1S/C13H21N3O3S/c1-4-16(3)13(17)10(2)15-20(18,19)12-8-6-5-7-11(12)9-14/h5-8,10,15H,4,9,14H2,1-3H3. The number of benzene rings is 1. The Morgan fingerprint density at radius 2 is 2.00 bits per heavy atom. The van der Waals surface area contributed by atoms with Crippen molar-refractivity contribution in [3.05, 3.63) is 29.8 Å². The quantitative estimate of drug-likeness (QED) is 0.789. The normalized spacial score (nSPS) is 13.0. The Bertz CT molecular complexity index is 572. The average Bonchev–Trinajstić information content (AvgIpc) is 2.44. The summed E-state index contributed by atoms with van der Waals surface area (Å²) in [5.41, 5.74) is 6.06. The maximum Gasteiger partial charge on any atom is 0.241 e. The van der Waals surface area contributed by atoms with E-state index < -0.39 is 16.1 Å². The summed E-state index contributed by atoms with van der Waals surface area (Å²) in [7, 11) is -2.14. The highest BCUT2D eigenvalue weighted by Crippen LogP contribution is 2.15. The van der Waals surface area contributed by atoms with Crippen LogP contribution in [0.4, 0.5) is 0 Å². The van der Waals surface area contributed by atoms with Crippen LogP contribution in [-0.2, 0) is 21.4 Å². The van der Waals surface area contributed by atoms with Crippen LogP contribution >= 0.6 is 0 Å². The van der Waals surface area contributed by atoms with Gasteiger partial charge in [-0.1, -0.05) is 18.2 Å². The van der Waals surface area contributed by atoms with Crippen LogP contribution in [0.1, 0.15) is 19.4 Å². The summed E-state index contributed by atoms with van der Waals surface area (Å²) in [4.78, 5) is 13.5. The highest BCUT2D eigenvalue weighted by Gasteiger charge is 2.25. The third kappa shape index (κ3) is 3.78. The summed E-state index contributed by atoms with van der Waals surface area (Å²) in [6, 6.07) is 5.65. The van der Waals surface area contributed by atoms with Gasteiger partial charge in [0.15, 0.2) is 0 Å². The minimum absolute atomic E-state index is 0.112. The van der Waals surface area contributed by atoms with Crippen LogP contribution in [0.15, 0.2) is 29.2 Å². The minimum Gasteiger partial charge on any atom is -0.345 e. The number of hydrogen-bond donors (Lipinski definition) is 2. The number of hydrogen-bond acceptors (Lipinski definition) is 4. The summed E-state index contributed by atoms with van der Waals surface area (Å²) in [5, 5.41) is 0. The molecule has 0 aromatic heterocycles. The Kier molecular flexibility index (Phi) is 5.67.